The van der Waals surface area contributed by atoms with Crippen molar-refractivity contribution < 1.29 is 9.59 Å². The second-order valence-corrected chi connectivity index (χ2v) is 7.21. The SMILES string of the molecule is CCC[C@@H]1N(C(=O)c2cnccc2C)CC[C@@]12C(=O)Nc1ccccc12. The Morgan fingerprint density at radius 2 is 2.15 bits per heavy atom. The summed E-state index contributed by atoms with van der Waals surface area (Å²) in [5.41, 5.74) is 2.81. The lowest BCUT2D eigenvalue weighted by Crippen LogP contribution is -2.48. The zero-order valence-corrected chi connectivity index (χ0v) is 15.2. The molecular formula is C21H23N3O2. The molecule has 134 valence electrons. The zero-order valence-electron chi connectivity index (χ0n) is 15.2. The number of fused-ring (bicyclic) bond motifs is 2. The van der Waals surface area contributed by atoms with Crippen molar-refractivity contribution >= 4 is 17.5 Å². The highest BCUT2D eigenvalue weighted by molar-refractivity contribution is 6.08. The smallest absolute Gasteiger partial charge is 0.255 e. The molecule has 3 heterocycles. The van der Waals surface area contributed by atoms with Crippen molar-refractivity contribution in [2.75, 3.05) is 11.9 Å². The Bertz CT molecular complexity index is 879. The number of amides is 2. The van der Waals surface area contributed by atoms with E-state index in [-0.39, 0.29) is 17.9 Å². The van der Waals surface area contributed by atoms with Gasteiger partial charge in [-0.2, -0.15) is 0 Å². The van der Waals surface area contributed by atoms with Gasteiger partial charge in [0.15, 0.2) is 0 Å². The molecule has 2 atom stereocenters. The lowest BCUT2D eigenvalue weighted by molar-refractivity contribution is -0.121. The Kier molecular flexibility index (Phi) is 4.02. The first-order valence-corrected chi connectivity index (χ1v) is 9.22. The van der Waals surface area contributed by atoms with Gasteiger partial charge in [0, 0.05) is 24.6 Å². The molecule has 1 N–H and O–H groups in total. The van der Waals surface area contributed by atoms with Crippen molar-refractivity contribution in [1.82, 2.24) is 9.88 Å². The number of carbonyl (C=O) groups excluding carboxylic acids is 2. The average molecular weight is 349 g/mol. The standard InChI is InChI=1S/C21H23N3O2/c1-3-6-18-21(16-7-4-5-8-17(16)23-20(21)26)10-12-24(18)19(25)15-13-22-11-9-14(15)2/h4-5,7-9,11,13,18H,3,6,10,12H2,1-2H3,(H,23,26)/t18-,21-/m0/s1. The number of hydrogen-bond donors (Lipinski definition) is 1. The fourth-order valence-electron chi connectivity index (χ4n) is 4.56. The second kappa shape index (κ2) is 6.24. The van der Waals surface area contributed by atoms with Crippen LogP contribution in [0.3, 0.4) is 0 Å². The van der Waals surface area contributed by atoms with Crippen molar-refractivity contribution in [2.45, 2.75) is 44.6 Å². The normalized spacial score (nSPS) is 24.0. The van der Waals surface area contributed by atoms with Gasteiger partial charge in [-0.3, -0.25) is 14.6 Å². The summed E-state index contributed by atoms with van der Waals surface area (Å²) in [5, 5.41) is 3.04. The molecule has 1 fully saturated rings. The summed E-state index contributed by atoms with van der Waals surface area (Å²) in [6.07, 6.45) is 5.70. The number of hydrogen-bond acceptors (Lipinski definition) is 3. The van der Waals surface area contributed by atoms with Crippen molar-refractivity contribution in [3.05, 3.63) is 59.4 Å². The van der Waals surface area contributed by atoms with E-state index < -0.39 is 5.41 Å². The Morgan fingerprint density at radius 1 is 1.35 bits per heavy atom. The van der Waals surface area contributed by atoms with Crippen molar-refractivity contribution in [3.63, 3.8) is 0 Å². The maximum Gasteiger partial charge on any atom is 0.255 e. The van der Waals surface area contributed by atoms with Gasteiger partial charge in [0.1, 0.15) is 0 Å². The van der Waals surface area contributed by atoms with E-state index >= 15 is 0 Å². The fraction of sp³-hybridized carbons (Fsp3) is 0.381. The van der Waals surface area contributed by atoms with Crippen molar-refractivity contribution in [3.8, 4) is 0 Å². The third kappa shape index (κ3) is 2.26. The highest BCUT2D eigenvalue weighted by Crippen LogP contribution is 2.49. The maximum atomic E-state index is 13.3. The molecule has 0 saturated carbocycles. The van der Waals surface area contributed by atoms with E-state index in [0.717, 1.165) is 29.7 Å². The highest BCUT2D eigenvalue weighted by Gasteiger charge is 2.58. The largest absolute Gasteiger partial charge is 0.334 e. The van der Waals surface area contributed by atoms with Gasteiger partial charge in [0.05, 0.1) is 17.0 Å². The first kappa shape index (κ1) is 16.8. The number of carbonyl (C=O) groups is 2. The van der Waals surface area contributed by atoms with Crippen molar-refractivity contribution in [2.24, 2.45) is 0 Å². The molecule has 2 aromatic rings. The van der Waals surface area contributed by atoms with E-state index in [9.17, 15) is 9.59 Å². The van der Waals surface area contributed by atoms with Crippen LogP contribution in [0.25, 0.3) is 0 Å². The van der Waals surface area contributed by atoms with Crippen LogP contribution in [-0.4, -0.2) is 34.3 Å². The lowest BCUT2D eigenvalue weighted by Gasteiger charge is -2.34. The van der Waals surface area contributed by atoms with Gasteiger partial charge >= 0.3 is 0 Å². The van der Waals surface area contributed by atoms with E-state index in [1.54, 1.807) is 12.4 Å². The summed E-state index contributed by atoms with van der Waals surface area (Å²) in [6, 6.07) is 9.60. The highest BCUT2D eigenvalue weighted by atomic mass is 16.2. The van der Waals surface area contributed by atoms with E-state index in [0.29, 0.717) is 18.5 Å². The minimum atomic E-state index is -0.640. The maximum absolute atomic E-state index is 13.3. The Hall–Kier alpha value is -2.69. The molecule has 0 unspecified atom stereocenters. The quantitative estimate of drug-likeness (QED) is 0.925. The second-order valence-electron chi connectivity index (χ2n) is 7.21. The van der Waals surface area contributed by atoms with Crippen LogP contribution in [0.5, 0.6) is 0 Å². The number of benzene rings is 1. The van der Waals surface area contributed by atoms with Gasteiger partial charge in [0.25, 0.3) is 5.91 Å². The predicted molar refractivity (Wildman–Crippen MR) is 100 cm³/mol. The minimum absolute atomic E-state index is 0.0235. The number of anilines is 1. The molecule has 26 heavy (non-hydrogen) atoms. The zero-order chi connectivity index (χ0) is 18.3. The summed E-state index contributed by atoms with van der Waals surface area (Å²) in [7, 11) is 0. The van der Waals surface area contributed by atoms with Gasteiger partial charge < -0.3 is 10.2 Å². The molecule has 2 aliphatic heterocycles. The van der Waals surface area contributed by atoms with Crippen LogP contribution in [0.15, 0.2) is 42.7 Å². The molecule has 1 aromatic heterocycles. The van der Waals surface area contributed by atoms with Gasteiger partial charge in [-0.1, -0.05) is 31.5 Å². The number of aryl methyl sites for hydroxylation is 1. The van der Waals surface area contributed by atoms with E-state index in [1.165, 1.54) is 0 Å². The van der Waals surface area contributed by atoms with Crippen LogP contribution < -0.4 is 5.32 Å². The van der Waals surface area contributed by atoms with Crippen LogP contribution in [0.4, 0.5) is 5.69 Å². The number of rotatable bonds is 3. The Balaban J connectivity index is 1.77. The van der Waals surface area contributed by atoms with Gasteiger partial charge in [-0.15, -0.1) is 0 Å². The number of pyridine rings is 1. The van der Waals surface area contributed by atoms with E-state index in [4.69, 9.17) is 0 Å². The first-order valence-electron chi connectivity index (χ1n) is 9.22. The molecule has 4 rings (SSSR count). The first-order chi connectivity index (χ1) is 12.6. The van der Waals surface area contributed by atoms with Crippen LogP contribution in [0.2, 0.25) is 0 Å². The molecule has 0 aliphatic carbocycles. The van der Waals surface area contributed by atoms with E-state index in [1.807, 2.05) is 42.2 Å². The van der Waals surface area contributed by atoms with Gasteiger partial charge in [-0.25, -0.2) is 0 Å². The monoisotopic (exact) mass is 349 g/mol. The molecular weight excluding hydrogens is 326 g/mol. The van der Waals surface area contributed by atoms with E-state index in [2.05, 4.69) is 17.2 Å². The molecule has 1 spiro atoms. The summed E-state index contributed by atoms with van der Waals surface area (Å²) in [5.74, 6) is -0.00142. The molecule has 0 bridgehead atoms. The average Bonchev–Trinajstić information content (AvgIpc) is 3.15. The van der Waals surface area contributed by atoms with Crippen LogP contribution in [0.1, 0.15) is 47.7 Å². The molecule has 0 radical (unpaired) electrons. The third-order valence-electron chi connectivity index (χ3n) is 5.85. The summed E-state index contributed by atoms with van der Waals surface area (Å²) < 4.78 is 0. The summed E-state index contributed by atoms with van der Waals surface area (Å²) in [6.45, 7) is 4.61. The van der Waals surface area contributed by atoms with Crippen molar-refractivity contribution in [1.29, 1.82) is 0 Å². The van der Waals surface area contributed by atoms with Gasteiger partial charge in [-0.05, 0) is 43.0 Å². The Morgan fingerprint density at radius 3 is 2.92 bits per heavy atom. The fourth-order valence-corrected chi connectivity index (χ4v) is 4.56. The molecule has 5 nitrogen and oxygen atoms in total. The van der Waals surface area contributed by atoms with Gasteiger partial charge in [0.2, 0.25) is 5.91 Å². The lowest BCUT2D eigenvalue weighted by atomic mass is 9.73. The number of likely N-dealkylation sites (tertiary alicyclic amines) is 1. The van der Waals surface area contributed by atoms with Crippen LogP contribution in [-0.2, 0) is 10.2 Å². The number of nitrogens with one attached hydrogen (secondary N) is 1. The van der Waals surface area contributed by atoms with Crippen LogP contribution >= 0.6 is 0 Å². The predicted octanol–water partition coefficient (Wildman–Crippen LogP) is 3.29. The topological polar surface area (TPSA) is 62.3 Å². The number of nitrogens with zero attached hydrogens (tertiary/aromatic N) is 2. The minimum Gasteiger partial charge on any atom is -0.334 e. The molecule has 2 aliphatic rings. The number of aromatic nitrogens is 1. The molecule has 1 aromatic carbocycles. The third-order valence-corrected chi connectivity index (χ3v) is 5.85. The summed E-state index contributed by atoms with van der Waals surface area (Å²) >= 11 is 0. The molecule has 2 amide bonds. The molecule has 1 saturated heterocycles. The number of para-hydroxylation sites is 1. The molecule has 5 heteroatoms. The Labute approximate surface area is 153 Å². The van der Waals surface area contributed by atoms with Crippen LogP contribution in [0, 0.1) is 6.92 Å². The summed E-state index contributed by atoms with van der Waals surface area (Å²) in [4.78, 5) is 32.3.